The van der Waals surface area contributed by atoms with Gasteiger partial charge < -0.3 is 10.1 Å². The molecule has 3 aromatic carbocycles. The maximum atomic E-state index is 13.0. The second kappa shape index (κ2) is 8.19. The molecular formula is C22H17FN2O2S. The minimum Gasteiger partial charge on any atom is -0.488 e. The molecule has 0 aliphatic rings. The van der Waals surface area contributed by atoms with E-state index in [0.717, 1.165) is 20.8 Å². The zero-order chi connectivity index (χ0) is 19.3. The summed E-state index contributed by atoms with van der Waals surface area (Å²) in [6.45, 7) is 0.604. The molecule has 1 amide bonds. The van der Waals surface area contributed by atoms with E-state index in [0.29, 0.717) is 17.9 Å². The lowest BCUT2D eigenvalue weighted by Gasteiger charge is -2.11. The Hall–Kier alpha value is -3.25. The average Bonchev–Trinajstić information content (AvgIpc) is 3.15. The smallest absolute Gasteiger partial charge is 0.255 e. The summed E-state index contributed by atoms with van der Waals surface area (Å²) in [5.41, 5.74) is 2.21. The maximum Gasteiger partial charge on any atom is 0.255 e. The first-order valence-electron chi connectivity index (χ1n) is 8.78. The topological polar surface area (TPSA) is 51.2 Å². The van der Waals surface area contributed by atoms with Crippen molar-refractivity contribution in [2.24, 2.45) is 0 Å². The minimum absolute atomic E-state index is 0.228. The maximum absolute atomic E-state index is 13.0. The van der Waals surface area contributed by atoms with Gasteiger partial charge in [-0.2, -0.15) is 0 Å². The first kappa shape index (κ1) is 18.1. The Kier molecular flexibility index (Phi) is 5.30. The lowest BCUT2D eigenvalue weighted by Crippen LogP contribution is -2.23. The largest absolute Gasteiger partial charge is 0.488 e. The molecule has 0 aliphatic heterocycles. The fourth-order valence-corrected chi connectivity index (χ4v) is 3.68. The Balaban J connectivity index is 1.43. The number of carbonyl (C=O) groups excluding carboxylic acids is 1. The number of hydrogen-bond acceptors (Lipinski definition) is 4. The average molecular weight is 392 g/mol. The molecule has 1 aromatic heterocycles. The molecule has 0 radical (unpaired) electrons. The highest BCUT2D eigenvalue weighted by atomic mass is 32.1. The number of hydrogen-bond donors (Lipinski definition) is 1. The molecule has 0 spiro atoms. The van der Waals surface area contributed by atoms with Gasteiger partial charge in [0.1, 0.15) is 23.2 Å². The van der Waals surface area contributed by atoms with Gasteiger partial charge in [-0.1, -0.05) is 36.4 Å². The number of rotatable bonds is 6. The zero-order valence-electron chi connectivity index (χ0n) is 14.9. The molecule has 0 saturated carbocycles. The van der Waals surface area contributed by atoms with Gasteiger partial charge >= 0.3 is 0 Å². The van der Waals surface area contributed by atoms with Crippen LogP contribution in [0.4, 0.5) is 4.39 Å². The first-order valence-corrected chi connectivity index (χ1v) is 9.59. The summed E-state index contributed by atoms with van der Waals surface area (Å²) in [5.74, 6) is -0.0408. The number of carbonyl (C=O) groups is 1. The number of nitrogens with one attached hydrogen (secondary N) is 1. The quantitative estimate of drug-likeness (QED) is 0.505. The van der Waals surface area contributed by atoms with Crippen LogP contribution < -0.4 is 10.1 Å². The molecule has 0 aliphatic carbocycles. The van der Waals surface area contributed by atoms with Gasteiger partial charge in [0, 0.05) is 0 Å². The van der Waals surface area contributed by atoms with Crippen molar-refractivity contribution in [2.75, 3.05) is 0 Å². The molecule has 4 rings (SSSR count). The number of halogens is 1. The number of amides is 1. The molecule has 0 bridgehead atoms. The van der Waals surface area contributed by atoms with E-state index in [1.807, 2.05) is 30.3 Å². The highest BCUT2D eigenvalue weighted by Crippen LogP contribution is 2.22. The van der Waals surface area contributed by atoms with Crippen LogP contribution in [0.5, 0.6) is 5.75 Å². The Morgan fingerprint density at radius 1 is 1.00 bits per heavy atom. The van der Waals surface area contributed by atoms with Gasteiger partial charge in [0.15, 0.2) is 0 Å². The molecule has 1 N–H and O–H groups in total. The summed E-state index contributed by atoms with van der Waals surface area (Å²) in [6, 6.07) is 21.0. The summed E-state index contributed by atoms with van der Waals surface area (Å²) in [4.78, 5) is 17.2. The number of ether oxygens (including phenoxy) is 1. The van der Waals surface area contributed by atoms with Crippen LogP contribution in [0.2, 0.25) is 0 Å². The molecule has 140 valence electrons. The van der Waals surface area contributed by atoms with Crippen LogP contribution in [0.25, 0.3) is 10.2 Å². The SMILES string of the molecule is O=C(NCc1nc2ccccc2s1)c1ccccc1OCc1ccc(F)cc1. The van der Waals surface area contributed by atoms with E-state index in [9.17, 15) is 9.18 Å². The van der Waals surface area contributed by atoms with Crippen LogP contribution in [0.1, 0.15) is 20.9 Å². The number of thiazole rings is 1. The summed E-state index contributed by atoms with van der Waals surface area (Å²) in [7, 11) is 0. The van der Waals surface area contributed by atoms with E-state index in [-0.39, 0.29) is 18.3 Å². The predicted octanol–water partition coefficient (Wildman–Crippen LogP) is 4.94. The third-order valence-electron chi connectivity index (χ3n) is 4.18. The van der Waals surface area contributed by atoms with E-state index < -0.39 is 0 Å². The van der Waals surface area contributed by atoms with Crippen molar-refractivity contribution in [2.45, 2.75) is 13.2 Å². The highest BCUT2D eigenvalue weighted by Gasteiger charge is 2.13. The van der Waals surface area contributed by atoms with Crippen molar-refractivity contribution >= 4 is 27.5 Å². The monoisotopic (exact) mass is 392 g/mol. The van der Waals surface area contributed by atoms with Crippen LogP contribution >= 0.6 is 11.3 Å². The van der Waals surface area contributed by atoms with Crippen LogP contribution in [0.15, 0.2) is 72.8 Å². The predicted molar refractivity (Wildman–Crippen MR) is 108 cm³/mol. The van der Waals surface area contributed by atoms with Crippen molar-refractivity contribution in [3.05, 3.63) is 94.7 Å². The van der Waals surface area contributed by atoms with E-state index >= 15 is 0 Å². The minimum atomic E-state index is -0.293. The van der Waals surface area contributed by atoms with Gasteiger partial charge in [0.25, 0.3) is 5.91 Å². The summed E-state index contributed by atoms with van der Waals surface area (Å²) >= 11 is 1.56. The Morgan fingerprint density at radius 2 is 1.75 bits per heavy atom. The van der Waals surface area contributed by atoms with Gasteiger partial charge in [0.2, 0.25) is 0 Å². The van der Waals surface area contributed by atoms with Gasteiger partial charge in [-0.05, 0) is 42.0 Å². The third kappa shape index (κ3) is 4.18. The van der Waals surface area contributed by atoms with Gasteiger partial charge in [-0.3, -0.25) is 4.79 Å². The van der Waals surface area contributed by atoms with E-state index in [1.54, 1.807) is 41.7 Å². The van der Waals surface area contributed by atoms with Crippen LogP contribution in [-0.4, -0.2) is 10.9 Å². The lowest BCUT2D eigenvalue weighted by molar-refractivity contribution is 0.0946. The molecular weight excluding hydrogens is 375 g/mol. The Labute approximate surface area is 165 Å². The normalized spacial score (nSPS) is 10.8. The van der Waals surface area contributed by atoms with E-state index in [4.69, 9.17) is 4.74 Å². The first-order chi connectivity index (χ1) is 13.7. The molecule has 28 heavy (non-hydrogen) atoms. The fraction of sp³-hybridized carbons (Fsp3) is 0.0909. The summed E-state index contributed by atoms with van der Waals surface area (Å²) < 4.78 is 19.9. The molecule has 4 aromatic rings. The van der Waals surface area contributed by atoms with Crippen molar-refractivity contribution in [1.29, 1.82) is 0 Å². The van der Waals surface area contributed by atoms with Crippen molar-refractivity contribution < 1.29 is 13.9 Å². The van der Waals surface area contributed by atoms with E-state index in [2.05, 4.69) is 10.3 Å². The Bertz CT molecular complexity index is 1080. The molecule has 0 saturated heterocycles. The summed E-state index contributed by atoms with van der Waals surface area (Å²) in [6.07, 6.45) is 0. The van der Waals surface area contributed by atoms with Crippen LogP contribution in [0.3, 0.4) is 0 Å². The molecule has 4 nitrogen and oxygen atoms in total. The second-order valence-corrected chi connectivity index (χ2v) is 7.28. The lowest BCUT2D eigenvalue weighted by atomic mass is 10.2. The van der Waals surface area contributed by atoms with Crippen LogP contribution in [-0.2, 0) is 13.2 Å². The van der Waals surface area contributed by atoms with Crippen molar-refractivity contribution in [3.63, 3.8) is 0 Å². The number of nitrogens with zero attached hydrogens (tertiary/aromatic N) is 1. The molecule has 0 fully saturated rings. The van der Waals surface area contributed by atoms with Crippen molar-refractivity contribution in [1.82, 2.24) is 10.3 Å². The highest BCUT2D eigenvalue weighted by molar-refractivity contribution is 7.18. The van der Waals surface area contributed by atoms with Gasteiger partial charge in [0.05, 0.1) is 22.3 Å². The fourth-order valence-electron chi connectivity index (χ4n) is 2.77. The third-order valence-corrected chi connectivity index (χ3v) is 5.21. The number of aromatic nitrogens is 1. The van der Waals surface area contributed by atoms with Crippen LogP contribution in [0, 0.1) is 5.82 Å². The van der Waals surface area contributed by atoms with E-state index in [1.165, 1.54) is 12.1 Å². The number of benzene rings is 3. The number of para-hydroxylation sites is 2. The van der Waals surface area contributed by atoms with Gasteiger partial charge in [-0.15, -0.1) is 11.3 Å². The molecule has 0 unspecified atom stereocenters. The molecule has 1 heterocycles. The molecule has 0 atom stereocenters. The summed E-state index contributed by atoms with van der Waals surface area (Å²) in [5, 5.41) is 3.75. The standard InChI is InChI=1S/C22H17FN2O2S/c23-16-11-9-15(10-12-16)14-27-19-7-3-1-5-17(19)22(26)24-13-21-25-18-6-2-4-8-20(18)28-21/h1-12H,13-14H2,(H,24,26). The second-order valence-electron chi connectivity index (χ2n) is 6.17. The van der Waals surface area contributed by atoms with Crippen molar-refractivity contribution in [3.8, 4) is 5.75 Å². The molecule has 6 heteroatoms. The Morgan fingerprint density at radius 3 is 2.57 bits per heavy atom. The van der Waals surface area contributed by atoms with Gasteiger partial charge in [-0.25, -0.2) is 9.37 Å². The zero-order valence-corrected chi connectivity index (χ0v) is 15.7. The number of fused-ring (bicyclic) bond motifs is 1.